The molecule has 0 fully saturated rings. The van der Waals surface area contributed by atoms with Crippen molar-refractivity contribution in [1.82, 2.24) is 49.8 Å². The van der Waals surface area contributed by atoms with Gasteiger partial charge < -0.3 is 0 Å². The molecule has 0 spiro atoms. The van der Waals surface area contributed by atoms with Crippen LogP contribution in [0.3, 0.4) is 0 Å². The predicted molar refractivity (Wildman–Crippen MR) is 324 cm³/mol. The van der Waals surface area contributed by atoms with Crippen LogP contribution in [0.5, 0.6) is 0 Å². The molecule has 0 amide bonds. The normalized spacial score (nSPS) is 10.2. The Labute approximate surface area is 578 Å². The van der Waals surface area contributed by atoms with Gasteiger partial charge in [-0.05, 0) is 58.1 Å². The van der Waals surface area contributed by atoms with Gasteiger partial charge in [0.25, 0.3) is 0 Å². The minimum atomic E-state index is -4.36. The van der Waals surface area contributed by atoms with Crippen LogP contribution >= 0.6 is 0 Å². The summed E-state index contributed by atoms with van der Waals surface area (Å²) in [6.07, 6.45) is 4.16. The molecule has 0 aliphatic heterocycles. The Morgan fingerprint density at radius 2 is 0.607 bits per heavy atom. The van der Waals surface area contributed by atoms with Crippen molar-refractivity contribution in [2.75, 3.05) is 0 Å². The van der Waals surface area contributed by atoms with Crippen LogP contribution in [0.25, 0.3) is 111 Å². The van der Waals surface area contributed by atoms with Crippen LogP contribution in [0.15, 0.2) is 268 Å². The third kappa shape index (κ3) is 18.5. The number of benzene rings is 10. The number of rotatable bonds is 5. The Balaban J connectivity index is 0.000000175. The van der Waals surface area contributed by atoms with Crippen molar-refractivity contribution in [3.05, 3.63) is 304 Å². The van der Waals surface area contributed by atoms with Gasteiger partial charge in [0.05, 0.1) is 45.1 Å². The van der Waals surface area contributed by atoms with Crippen molar-refractivity contribution >= 4 is 54.5 Å². The monoisotopic (exact) mass is 1880 g/mol. The molecule has 5 heterocycles. The summed E-state index contributed by atoms with van der Waals surface area (Å²) in [4.78, 5) is 43.3. The fourth-order valence-corrected chi connectivity index (χ4v) is 8.63. The molecule has 10 aromatic carbocycles. The van der Waals surface area contributed by atoms with Gasteiger partial charge in [0.2, 0.25) is 0 Å². The molecule has 89 heavy (non-hydrogen) atoms. The fraction of sp³-hybridized carbons (Fsp3) is 0.0141. The second kappa shape index (κ2) is 34.6. The standard InChI is InChI=1S/C15H8F3N2.4C14H9N2.3Ir.2Rh/c16-15(17,18)12-7-5-10(6-8-12)14-19-9-11-3-1-2-4-13(11)20-14;2*1-2-6-11(7-3-1)14-12-8-4-5-9-13(12)15-10-16-14;2*1-2-6-11(7-3-1)14-15-10-12-8-4-5-9-13(12)16-14;;;;;/h1-5,7-9H;4*1-6,8-10H;;;;;/q5*-1;;;;;. The number of nitrogens with zero attached hydrogens (tertiary/aromatic N) is 10. The maximum absolute atomic E-state index is 12.5. The first kappa shape index (κ1) is 70.0. The Bertz CT molecular complexity index is 4380. The van der Waals surface area contributed by atoms with Crippen molar-refractivity contribution in [1.29, 1.82) is 0 Å². The van der Waals surface area contributed by atoms with Gasteiger partial charge in [0.15, 0.2) is 0 Å². The summed E-state index contributed by atoms with van der Waals surface area (Å²) in [6, 6.07) is 88.9. The van der Waals surface area contributed by atoms with E-state index >= 15 is 0 Å². The molecule has 0 unspecified atom stereocenters. The molecule has 449 valence electrons. The van der Waals surface area contributed by atoms with Gasteiger partial charge in [-0.3, -0.25) is 39.9 Å². The Hall–Kier alpha value is -8.12. The summed E-state index contributed by atoms with van der Waals surface area (Å²) in [5.41, 5.74) is 10.0. The summed E-state index contributed by atoms with van der Waals surface area (Å²) in [5.74, 6) is 1.80. The molecule has 0 aliphatic rings. The topological polar surface area (TPSA) is 129 Å². The van der Waals surface area contributed by atoms with Gasteiger partial charge in [-0.15, -0.1) is 173 Å². The molecule has 15 aromatic rings. The predicted octanol–water partition coefficient (Wildman–Crippen LogP) is 16.5. The second-order valence-corrected chi connectivity index (χ2v) is 18.3. The van der Waals surface area contributed by atoms with Gasteiger partial charge in [-0.2, -0.15) is 13.2 Å². The molecule has 0 saturated heterocycles. The van der Waals surface area contributed by atoms with Crippen LogP contribution in [-0.2, 0) is 105 Å². The zero-order valence-corrected chi connectivity index (χ0v) is 56.6. The number of aromatic nitrogens is 10. The number of halogens is 3. The van der Waals surface area contributed by atoms with Gasteiger partial charge >= 0.3 is 6.18 Å². The van der Waals surface area contributed by atoms with Crippen molar-refractivity contribution in [3.8, 4) is 56.7 Å². The van der Waals surface area contributed by atoms with E-state index in [-0.39, 0.29) is 99.3 Å². The Morgan fingerprint density at radius 3 is 0.933 bits per heavy atom. The number of hydrogen-bond donors (Lipinski definition) is 0. The third-order valence-electron chi connectivity index (χ3n) is 12.8. The van der Waals surface area contributed by atoms with Crippen LogP contribution in [0.2, 0.25) is 0 Å². The van der Waals surface area contributed by atoms with E-state index < -0.39 is 11.7 Å². The quantitative estimate of drug-likeness (QED) is 0.121. The van der Waals surface area contributed by atoms with Crippen LogP contribution in [0, 0.1) is 30.3 Å². The van der Waals surface area contributed by atoms with E-state index in [1.54, 1.807) is 18.9 Å². The first-order valence-corrected chi connectivity index (χ1v) is 26.3. The van der Waals surface area contributed by atoms with Gasteiger partial charge in [-0.25, -0.2) is 9.97 Å². The van der Waals surface area contributed by atoms with Gasteiger partial charge in [-0.1, -0.05) is 91.0 Å². The largest absolute Gasteiger partial charge is 0.381 e. The first-order chi connectivity index (χ1) is 41.3. The zero-order chi connectivity index (χ0) is 57.3. The third-order valence-corrected chi connectivity index (χ3v) is 12.8. The van der Waals surface area contributed by atoms with Gasteiger partial charge in [0.1, 0.15) is 12.7 Å². The number of para-hydroxylation sites is 5. The van der Waals surface area contributed by atoms with Crippen molar-refractivity contribution in [2.24, 2.45) is 0 Å². The molecule has 0 bridgehead atoms. The Kier molecular flexibility index (Phi) is 27.2. The smallest absolute Gasteiger partial charge is 0.285 e. The molecule has 15 rings (SSSR count). The molecule has 18 heteroatoms. The second-order valence-electron chi connectivity index (χ2n) is 18.3. The van der Waals surface area contributed by atoms with E-state index in [1.807, 2.05) is 231 Å². The Morgan fingerprint density at radius 1 is 0.292 bits per heavy atom. The van der Waals surface area contributed by atoms with E-state index in [1.165, 1.54) is 6.07 Å². The van der Waals surface area contributed by atoms with E-state index in [4.69, 9.17) is 0 Å². The zero-order valence-electron chi connectivity index (χ0n) is 46.2. The van der Waals surface area contributed by atoms with E-state index in [0.717, 1.165) is 112 Å². The molecule has 5 aromatic heterocycles. The van der Waals surface area contributed by atoms with Crippen LogP contribution < -0.4 is 0 Å². The molecule has 0 aliphatic carbocycles. The minimum absolute atomic E-state index is 0. The molecule has 5 radical (unpaired) electrons. The average molecular weight is 1880 g/mol. The average Bonchev–Trinajstić information content (AvgIpc) is 3.60. The minimum Gasteiger partial charge on any atom is -0.285 e. The van der Waals surface area contributed by atoms with E-state index in [9.17, 15) is 13.2 Å². The molecule has 0 atom stereocenters. The number of hydrogen-bond acceptors (Lipinski definition) is 10. The summed E-state index contributed by atoms with van der Waals surface area (Å²) in [6.45, 7) is 0. The van der Waals surface area contributed by atoms with Crippen LogP contribution in [0.4, 0.5) is 13.2 Å². The molecular weight excluding hydrogens is 1830 g/mol. The molecule has 10 nitrogen and oxygen atoms in total. The molecule has 0 N–H and O–H groups in total. The molecular formula is C71H44F3Ir3N10Rh2-5. The van der Waals surface area contributed by atoms with E-state index in [0.29, 0.717) is 11.4 Å². The van der Waals surface area contributed by atoms with Crippen molar-refractivity contribution in [3.63, 3.8) is 0 Å². The number of fused-ring (bicyclic) bond motifs is 5. The maximum Gasteiger partial charge on any atom is 0.381 e. The van der Waals surface area contributed by atoms with Crippen molar-refractivity contribution < 1.29 is 112 Å². The SMILES string of the molecule is FC(F)(F)c1c[c-]c(-c2ncc3ccccc3n2)cc1.[Ir].[Ir].[Ir].[Rh].[Rh].[c-]1ccccc1-c1ncc2ccccc2n1.[c-]1ccccc1-c1ncc2ccccc2n1.[c-]1ccccc1-c1ncnc2ccccc12.[c-]1ccccc1-c1ncnc2ccccc12. The molecule has 0 saturated carbocycles. The summed E-state index contributed by atoms with van der Waals surface area (Å²) in [7, 11) is 0. The van der Waals surface area contributed by atoms with Crippen molar-refractivity contribution in [2.45, 2.75) is 6.18 Å². The van der Waals surface area contributed by atoms with Crippen LogP contribution in [0.1, 0.15) is 5.56 Å². The number of alkyl halides is 3. The summed E-state index contributed by atoms with van der Waals surface area (Å²) < 4.78 is 37.4. The van der Waals surface area contributed by atoms with Crippen LogP contribution in [-0.4, -0.2) is 49.8 Å². The summed E-state index contributed by atoms with van der Waals surface area (Å²) in [5, 5.41) is 5.12. The van der Waals surface area contributed by atoms with E-state index in [2.05, 4.69) is 80.2 Å². The first-order valence-electron chi connectivity index (χ1n) is 26.3. The maximum atomic E-state index is 12.5. The van der Waals surface area contributed by atoms with Gasteiger partial charge in [0, 0.05) is 134 Å². The summed E-state index contributed by atoms with van der Waals surface area (Å²) >= 11 is 0. The fourth-order valence-electron chi connectivity index (χ4n) is 8.63.